The van der Waals surface area contributed by atoms with E-state index in [-0.39, 0.29) is 16.3 Å². The van der Waals surface area contributed by atoms with Gasteiger partial charge in [0.2, 0.25) is 0 Å². The average molecular weight is 424 g/mol. The lowest BCUT2D eigenvalue weighted by Crippen LogP contribution is -2.40. The lowest BCUT2D eigenvalue weighted by Gasteiger charge is -2.13. The highest BCUT2D eigenvalue weighted by molar-refractivity contribution is 9.10. The van der Waals surface area contributed by atoms with Crippen molar-refractivity contribution in [2.75, 3.05) is 0 Å². The van der Waals surface area contributed by atoms with E-state index in [9.17, 15) is 22.8 Å². The monoisotopic (exact) mass is 422 g/mol. The Hall–Kier alpha value is -2.00. The van der Waals surface area contributed by atoms with Gasteiger partial charge in [0, 0.05) is 23.0 Å². The molecule has 0 aliphatic rings. The molecule has 0 spiro atoms. The van der Waals surface area contributed by atoms with Crippen molar-refractivity contribution in [1.29, 1.82) is 0 Å². The van der Waals surface area contributed by atoms with E-state index in [0.717, 1.165) is 13.3 Å². The van der Waals surface area contributed by atoms with Crippen molar-refractivity contribution >= 4 is 38.5 Å². The van der Waals surface area contributed by atoms with E-state index < -0.39 is 23.1 Å². The summed E-state index contributed by atoms with van der Waals surface area (Å²) in [5.41, 5.74) is -3.38. The minimum Gasteiger partial charge on any atom is -0.460 e. The third kappa shape index (κ3) is 2.57. The second-order valence-electron chi connectivity index (χ2n) is 4.93. The molecule has 0 amide bonds. The van der Waals surface area contributed by atoms with Crippen molar-refractivity contribution in [2.24, 2.45) is 7.05 Å². The number of halogens is 5. The van der Waals surface area contributed by atoms with E-state index in [1.807, 2.05) is 0 Å². The predicted octanol–water partition coefficient (Wildman–Crippen LogP) is 3.72. The summed E-state index contributed by atoms with van der Waals surface area (Å²) in [6, 6.07) is 3.45. The Morgan fingerprint density at radius 1 is 1.21 bits per heavy atom. The fourth-order valence-corrected chi connectivity index (χ4v) is 3.19. The van der Waals surface area contributed by atoms with Crippen LogP contribution in [-0.2, 0) is 13.2 Å². The molecular weight excluding hydrogens is 417 g/mol. The molecule has 0 aliphatic heterocycles. The fourth-order valence-electron chi connectivity index (χ4n) is 2.34. The normalized spacial score (nSPS) is 12.1. The molecule has 0 aliphatic carbocycles. The molecule has 0 atom stereocenters. The number of nitrogens with zero attached hydrogens (tertiary/aromatic N) is 2. The van der Waals surface area contributed by atoms with E-state index in [4.69, 9.17) is 16.0 Å². The van der Waals surface area contributed by atoms with Crippen LogP contribution in [0.3, 0.4) is 0 Å². The number of hydrogen-bond donors (Lipinski definition) is 0. The van der Waals surface area contributed by atoms with Gasteiger partial charge in [-0.15, -0.1) is 0 Å². The van der Waals surface area contributed by atoms with Gasteiger partial charge < -0.3 is 4.42 Å². The van der Waals surface area contributed by atoms with Crippen LogP contribution in [0.4, 0.5) is 13.2 Å². The summed E-state index contributed by atoms with van der Waals surface area (Å²) < 4.78 is 45.4. The molecule has 0 radical (unpaired) electrons. The Labute approximate surface area is 145 Å². The molecule has 2 aromatic heterocycles. The Kier molecular flexibility index (Phi) is 3.88. The smallest absolute Gasteiger partial charge is 0.431 e. The lowest BCUT2D eigenvalue weighted by molar-refractivity contribution is -0.144. The van der Waals surface area contributed by atoms with Crippen LogP contribution < -0.4 is 11.2 Å². The predicted molar refractivity (Wildman–Crippen MR) is 84.8 cm³/mol. The summed E-state index contributed by atoms with van der Waals surface area (Å²) in [5, 5.41) is 0.538. The maximum Gasteiger partial charge on any atom is 0.431 e. The van der Waals surface area contributed by atoms with Gasteiger partial charge in [-0.25, -0.2) is 9.36 Å². The molecule has 5 nitrogen and oxygen atoms in total. The maximum atomic E-state index is 12.9. The maximum absolute atomic E-state index is 12.9. The zero-order valence-corrected chi connectivity index (χ0v) is 14.2. The van der Waals surface area contributed by atoms with Crippen LogP contribution in [0.15, 0.2) is 42.9 Å². The number of rotatable bonds is 1. The highest BCUT2D eigenvalue weighted by atomic mass is 79.9. The first kappa shape index (κ1) is 16.8. The molecule has 1 aromatic carbocycles. The number of benzene rings is 1. The Morgan fingerprint density at radius 2 is 1.88 bits per heavy atom. The molecule has 0 unspecified atom stereocenters. The summed E-state index contributed by atoms with van der Waals surface area (Å²) in [4.78, 5) is 24.4. The Morgan fingerprint density at radius 3 is 2.50 bits per heavy atom. The van der Waals surface area contributed by atoms with Crippen LogP contribution in [0.1, 0.15) is 5.69 Å². The number of alkyl halides is 3. The van der Waals surface area contributed by atoms with Gasteiger partial charge in [0.25, 0.3) is 5.56 Å². The fraction of sp³-hybridized carbons (Fsp3) is 0.143. The zero-order chi connectivity index (χ0) is 17.8. The summed E-state index contributed by atoms with van der Waals surface area (Å²) in [6.45, 7) is 0. The Balaban J connectivity index is 2.39. The number of fused-ring (bicyclic) bond motifs is 1. The third-order valence-electron chi connectivity index (χ3n) is 3.42. The second kappa shape index (κ2) is 5.52. The number of hydrogen-bond acceptors (Lipinski definition) is 3. The quantitative estimate of drug-likeness (QED) is 0.599. The van der Waals surface area contributed by atoms with Gasteiger partial charge in [0.05, 0.1) is 5.02 Å². The van der Waals surface area contributed by atoms with Crippen molar-refractivity contribution < 1.29 is 17.6 Å². The number of aromatic nitrogens is 2. The van der Waals surface area contributed by atoms with Crippen molar-refractivity contribution in [3.05, 3.63) is 60.5 Å². The largest absolute Gasteiger partial charge is 0.460 e. The zero-order valence-electron chi connectivity index (χ0n) is 11.8. The van der Waals surface area contributed by atoms with Crippen LogP contribution >= 0.6 is 27.5 Å². The van der Waals surface area contributed by atoms with Gasteiger partial charge in [-0.1, -0.05) is 27.5 Å². The van der Waals surface area contributed by atoms with E-state index in [1.54, 1.807) is 12.1 Å². The van der Waals surface area contributed by atoms with E-state index >= 15 is 0 Å². The first-order valence-electron chi connectivity index (χ1n) is 6.38. The summed E-state index contributed by atoms with van der Waals surface area (Å²) in [5.74, 6) is 0. The minimum atomic E-state index is -4.82. The van der Waals surface area contributed by atoms with Gasteiger partial charge in [-0.2, -0.15) is 13.2 Å². The first-order chi connectivity index (χ1) is 11.1. The second-order valence-corrected chi connectivity index (χ2v) is 6.25. The SMILES string of the molecule is Cn1c(C(F)(F)F)cc(=O)n(-c2coc3c(Cl)cc(Br)cc23)c1=O. The third-order valence-corrected chi connectivity index (χ3v) is 4.16. The molecular formula is C14H7BrClF3N2O3. The van der Waals surface area contributed by atoms with Crippen LogP contribution in [0, 0.1) is 0 Å². The summed E-state index contributed by atoms with van der Waals surface area (Å²) >= 11 is 9.23. The Bertz CT molecular complexity index is 1080. The van der Waals surface area contributed by atoms with Gasteiger partial charge in [-0.05, 0) is 12.1 Å². The minimum absolute atomic E-state index is 0.00697. The average Bonchev–Trinajstić information content (AvgIpc) is 2.86. The highest BCUT2D eigenvalue weighted by Crippen LogP contribution is 2.33. The summed E-state index contributed by atoms with van der Waals surface area (Å²) in [7, 11) is 0.937. The molecule has 3 rings (SSSR count). The standard InChI is InChI=1S/C14H7BrClF3N2O3/c1-20-10(14(17,18)19)4-11(22)21(13(20)23)9-5-24-12-7(9)2-6(15)3-8(12)16/h2-5H,1H3. The molecule has 0 N–H and O–H groups in total. The number of furan rings is 1. The molecule has 0 saturated heterocycles. The molecule has 2 heterocycles. The first-order valence-corrected chi connectivity index (χ1v) is 7.55. The highest BCUT2D eigenvalue weighted by Gasteiger charge is 2.35. The molecule has 10 heteroatoms. The van der Waals surface area contributed by atoms with E-state index in [1.165, 1.54) is 0 Å². The molecule has 0 saturated carbocycles. The van der Waals surface area contributed by atoms with Crippen molar-refractivity contribution in [2.45, 2.75) is 6.18 Å². The topological polar surface area (TPSA) is 57.1 Å². The molecule has 126 valence electrons. The van der Waals surface area contributed by atoms with Crippen LogP contribution in [0.5, 0.6) is 0 Å². The van der Waals surface area contributed by atoms with Gasteiger partial charge in [-0.3, -0.25) is 9.36 Å². The van der Waals surface area contributed by atoms with Crippen LogP contribution in [-0.4, -0.2) is 9.13 Å². The van der Waals surface area contributed by atoms with Crippen LogP contribution in [0.2, 0.25) is 5.02 Å². The van der Waals surface area contributed by atoms with Gasteiger partial charge >= 0.3 is 11.9 Å². The van der Waals surface area contributed by atoms with Crippen LogP contribution in [0.25, 0.3) is 16.7 Å². The van der Waals surface area contributed by atoms with Gasteiger partial charge in [0.1, 0.15) is 17.6 Å². The van der Waals surface area contributed by atoms with Crippen molar-refractivity contribution in [3.8, 4) is 5.69 Å². The molecule has 0 fully saturated rings. The lowest BCUT2D eigenvalue weighted by atomic mass is 10.2. The molecule has 24 heavy (non-hydrogen) atoms. The molecule has 3 aromatic rings. The van der Waals surface area contributed by atoms with E-state index in [2.05, 4.69) is 15.9 Å². The summed E-state index contributed by atoms with van der Waals surface area (Å²) in [6.07, 6.45) is -3.73. The van der Waals surface area contributed by atoms with Crippen molar-refractivity contribution in [1.82, 2.24) is 9.13 Å². The van der Waals surface area contributed by atoms with E-state index in [0.29, 0.717) is 25.1 Å². The van der Waals surface area contributed by atoms with Crippen molar-refractivity contribution in [3.63, 3.8) is 0 Å². The molecule has 0 bridgehead atoms. The van der Waals surface area contributed by atoms with Gasteiger partial charge in [0.15, 0.2) is 5.58 Å².